The predicted molar refractivity (Wildman–Crippen MR) is 251 cm³/mol. The summed E-state index contributed by atoms with van der Waals surface area (Å²) < 4.78 is 34.5. The number of unbranched alkanes of at least 4 members (excludes halogenated alkanes) is 28. The minimum Gasteiger partial charge on any atom is -0.462 e. The summed E-state index contributed by atoms with van der Waals surface area (Å²) in [5, 5.41) is 2.46. The number of esters is 2. The first-order valence-corrected chi connectivity index (χ1v) is 26.6. The van der Waals surface area contributed by atoms with Crippen molar-refractivity contribution in [3.63, 3.8) is 0 Å². The Morgan fingerprint density at radius 2 is 0.967 bits per heavy atom. The molecule has 0 aliphatic heterocycles. The fourth-order valence-corrected chi connectivity index (χ4v) is 7.69. The number of carbonyl (C=O) groups excluding carboxylic acids is 3. The maximum Gasteiger partial charge on any atom is 0.472 e. The molecule has 2 atom stereocenters. The molecule has 0 aliphatic carbocycles. The zero-order valence-electron chi connectivity index (χ0n) is 39.7. The lowest BCUT2D eigenvalue weighted by Crippen LogP contribution is -2.37. The Balaban J connectivity index is 4.55. The van der Waals surface area contributed by atoms with Gasteiger partial charge in [-0.25, -0.2) is 9.36 Å². The summed E-state index contributed by atoms with van der Waals surface area (Å²) in [7, 11) is -4.60. The molecule has 0 aliphatic rings. The van der Waals surface area contributed by atoms with Crippen LogP contribution in [0.3, 0.4) is 0 Å². The number of phosphoric ester groups is 1. The number of hydroxylamine groups is 1. The van der Waals surface area contributed by atoms with Gasteiger partial charge in [0.05, 0.1) is 19.8 Å². The van der Waals surface area contributed by atoms with Crippen LogP contribution < -0.4 is 5.32 Å². The van der Waals surface area contributed by atoms with Gasteiger partial charge >= 0.3 is 25.8 Å². The lowest BCUT2D eigenvalue weighted by atomic mass is 9.99. The number of nitrogens with one attached hydrogen (secondary N) is 1. The molecule has 0 bridgehead atoms. The molecule has 0 saturated carbocycles. The van der Waals surface area contributed by atoms with E-state index in [0.29, 0.717) is 12.8 Å². The van der Waals surface area contributed by atoms with E-state index < -0.39 is 38.5 Å². The van der Waals surface area contributed by atoms with Crippen molar-refractivity contribution < 1.29 is 47.2 Å². The van der Waals surface area contributed by atoms with E-state index in [1.807, 2.05) is 20.8 Å². The average Bonchev–Trinajstić information content (AvgIpc) is 3.22. The van der Waals surface area contributed by atoms with Crippen molar-refractivity contribution in [1.29, 1.82) is 0 Å². The van der Waals surface area contributed by atoms with E-state index in [1.165, 1.54) is 141 Å². The van der Waals surface area contributed by atoms with E-state index in [2.05, 4.69) is 32.0 Å². The van der Waals surface area contributed by atoms with Gasteiger partial charge in [0, 0.05) is 19.4 Å². The minimum atomic E-state index is -4.60. The maximum absolute atomic E-state index is 12.8. The summed E-state index contributed by atoms with van der Waals surface area (Å²) in [5.74, 6) is -0.898. The summed E-state index contributed by atoms with van der Waals surface area (Å²) in [6.45, 7) is 9.30. The molecule has 0 spiro atoms. The molecule has 0 aromatic heterocycles. The Morgan fingerprint density at radius 3 is 1.36 bits per heavy atom. The smallest absolute Gasteiger partial charge is 0.462 e. The number of hydrogen-bond donors (Lipinski definition) is 3. The van der Waals surface area contributed by atoms with Crippen LogP contribution >= 0.6 is 20.6 Å². The van der Waals surface area contributed by atoms with Crippen LogP contribution in [0.2, 0.25) is 0 Å². The molecule has 2 N–H and O–H groups in total. The second-order valence-corrected chi connectivity index (χ2v) is 19.9. The van der Waals surface area contributed by atoms with Gasteiger partial charge in [-0.2, -0.15) is 0 Å². The molecule has 0 radical (unpaired) electrons. The van der Waals surface area contributed by atoms with Crippen LogP contribution in [0.25, 0.3) is 0 Å². The molecule has 1 unspecified atom stereocenters. The highest BCUT2D eigenvalue weighted by molar-refractivity contribution is 7.78. The number of amides is 2. The van der Waals surface area contributed by atoms with Gasteiger partial charge in [-0.1, -0.05) is 214 Å². The molecule has 0 aromatic carbocycles. The Labute approximate surface area is 378 Å². The van der Waals surface area contributed by atoms with Crippen LogP contribution in [0.15, 0.2) is 0 Å². The van der Waals surface area contributed by atoms with Crippen molar-refractivity contribution in [2.45, 2.75) is 246 Å². The SMILES string of the molecule is CCCCCCCCCCCCCCCCCC(=O)OC[C@H](COP(=O)(O)OCCNC(=O)N(S)OCC(C)(C)C)OC(=O)CCCCCCCCCCCCCCCCC. The van der Waals surface area contributed by atoms with Gasteiger partial charge in [0.15, 0.2) is 6.10 Å². The molecule has 61 heavy (non-hydrogen) atoms. The lowest BCUT2D eigenvalue weighted by molar-refractivity contribution is -0.161. The summed E-state index contributed by atoms with van der Waals surface area (Å²) in [5.41, 5.74) is -0.187. The van der Waals surface area contributed by atoms with E-state index in [4.69, 9.17) is 23.4 Å². The van der Waals surface area contributed by atoms with Gasteiger partial charge < -0.3 is 19.7 Å². The number of carbonyl (C=O) groups is 3. The molecule has 0 heterocycles. The van der Waals surface area contributed by atoms with Crippen molar-refractivity contribution in [3.05, 3.63) is 0 Å². The number of ether oxygens (including phenoxy) is 2. The van der Waals surface area contributed by atoms with Gasteiger partial charge in [-0.05, 0) is 31.1 Å². The third kappa shape index (κ3) is 43.7. The van der Waals surface area contributed by atoms with Gasteiger partial charge in [-0.15, -0.1) is 4.47 Å². The molecule has 0 saturated heterocycles. The Bertz CT molecular complexity index is 1100. The highest BCUT2D eigenvalue weighted by Gasteiger charge is 2.26. The molecule has 362 valence electrons. The molecule has 12 nitrogen and oxygen atoms in total. The van der Waals surface area contributed by atoms with Gasteiger partial charge in [0.2, 0.25) is 0 Å². The summed E-state index contributed by atoms with van der Waals surface area (Å²) in [6.07, 6.45) is 36.1. The number of urea groups is 1. The van der Waals surface area contributed by atoms with E-state index >= 15 is 0 Å². The van der Waals surface area contributed by atoms with Crippen molar-refractivity contribution in [2.75, 3.05) is 33.0 Å². The van der Waals surface area contributed by atoms with Crippen molar-refractivity contribution in [2.24, 2.45) is 5.41 Å². The molecule has 2 amide bonds. The largest absolute Gasteiger partial charge is 0.472 e. The second-order valence-electron chi connectivity index (χ2n) is 18.1. The summed E-state index contributed by atoms with van der Waals surface area (Å²) >= 11 is 3.99. The van der Waals surface area contributed by atoms with Gasteiger partial charge in [-0.3, -0.25) is 23.5 Å². The van der Waals surface area contributed by atoms with Crippen LogP contribution in [0.5, 0.6) is 0 Å². The third-order valence-electron chi connectivity index (χ3n) is 10.5. The standard InChI is InChI=1S/C47H93N2O10PS/c1-6-8-10-12-14-16-18-20-22-24-26-28-30-32-34-36-44(50)55-40-43(41-58-60(53,54)57-39-38-48-46(52)49(61)56-42-47(3,4)5)59-45(51)37-35-33-31-29-27-25-23-21-19-17-15-13-11-9-7-2/h43,61H,6-42H2,1-5H3,(H,48,52)(H,53,54)/t43-/m1/s1. The topological polar surface area (TPSA) is 150 Å². The first kappa shape index (κ1) is 59.6. The number of hydrogen-bond acceptors (Lipinski definition) is 10. The van der Waals surface area contributed by atoms with Crippen LogP contribution in [-0.4, -0.2) is 66.4 Å². The summed E-state index contributed by atoms with van der Waals surface area (Å²) in [4.78, 5) is 53.1. The van der Waals surface area contributed by atoms with E-state index in [0.717, 1.165) is 43.0 Å². The van der Waals surface area contributed by atoms with E-state index in [-0.39, 0.29) is 44.6 Å². The predicted octanol–water partition coefficient (Wildman–Crippen LogP) is 13.9. The van der Waals surface area contributed by atoms with Crippen molar-refractivity contribution in [3.8, 4) is 0 Å². The minimum absolute atomic E-state index is 0.128. The first-order chi connectivity index (χ1) is 29.3. The Kier molecular flexibility index (Phi) is 40.4. The zero-order valence-corrected chi connectivity index (χ0v) is 41.5. The quantitative estimate of drug-likeness (QED) is 0.0177. The average molecular weight is 909 g/mol. The molecular weight excluding hydrogens is 816 g/mol. The fraction of sp³-hybridized carbons (Fsp3) is 0.936. The van der Waals surface area contributed by atoms with Gasteiger partial charge in [0.25, 0.3) is 0 Å². The lowest BCUT2D eigenvalue weighted by Gasteiger charge is -2.22. The van der Waals surface area contributed by atoms with Crippen LogP contribution in [0, 0.1) is 5.41 Å². The van der Waals surface area contributed by atoms with Crippen LogP contribution in [0.1, 0.15) is 240 Å². The van der Waals surface area contributed by atoms with Crippen LogP contribution in [0.4, 0.5) is 4.79 Å². The monoisotopic (exact) mass is 909 g/mol. The number of rotatable bonds is 44. The Hall–Kier alpha value is -1.37. The molecule has 0 rings (SSSR count). The maximum atomic E-state index is 12.8. The molecule has 0 fully saturated rings. The zero-order chi connectivity index (χ0) is 45.3. The van der Waals surface area contributed by atoms with Crippen molar-refractivity contribution in [1.82, 2.24) is 9.79 Å². The normalized spacial score (nSPS) is 13.2. The highest BCUT2D eigenvalue weighted by Crippen LogP contribution is 2.43. The number of phosphoric acid groups is 1. The number of nitrogens with zero attached hydrogens (tertiary/aromatic N) is 1. The van der Waals surface area contributed by atoms with E-state index in [9.17, 15) is 23.8 Å². The van der Waals surface area contributed by atoms with Gasteiger partial charge in [0.1, 0.15) is 6.61 Å². The Morgan fingerprint density at radius 1 is 0.590 bits per heavy atom. The first-order valence-electron chi connectivity index (χ1n) is 24.7. The highest BCUT2D eigenvalue weighted by atomic mass is 32.1. The van der Waals surface area contributed by atoms with E-state index in [1.54, 1.807) is 0 Å². The fourth-order valence-electron chi connectivity index (χ4n) is 6.81. The summed E-state index contributed by atoms with van der Waals surface area (Å²) in [6, 6.07) is -0.669. The number of thiol groups is 1. The molecular formula is C47H93N2O10PS. The molecule has 0 aromatic rings. The second kappa shape index (κ2) is 41.3. The van der Waals surface area contributed by atoms with Crippen molar-refractivity contribution >= 4 is 38.6 Å². The molecule has 14 heteroatoms. The third-order valence-corrected chi connectivity index (χ3v) is 11.8. The van der Waals surface area contributed by atoms with Crippen LogP contribution in [-0.2, 0) is 37.5 Å².